The second-order valence-corrected chi connectivity index (χ2v) is 9.82. The van der Waals surface area contributed by atoms with Crippen molar-refractivity contribution in [2.45, 2.75) is 25.5 Å². The number of carboxylic acids is 2. The molecule has 0 unspecified atom stereocenters. The Morgan fingerprint density at radius 1 is 0.927 bits per heavy atom. The summed E-state index contributed by atoms with van der Waals surface area (Å²) in [6, 6.07) is 22.8. The van der Waals surface area contributed by atoms with E-state index in [0.717, 1.165) is 16.0 Å². The lowest BCUT2D eigenvalue weighted by Crippen LogP contribution is -2.44. The third-order valence-corrected chi connectivity index (χ3v) is 7.23. The summed E-state index contributed by atoms with van der Waals surface area (Å²) in [7, 11) is 1.51. The summed E-state index contributed by atoms with van der Waals surface area (Å²) in [5.74, 6) is -3.05. The van der Waals surface area contributed by atoms with Gasteiger partial charge in [0.25, 0.3) is 0 Å². The van der Waals surface area contributed by atoms with Gasteiger partial charge in [0.05, 0.1) is 20.1 Å². The summed E-state index contributed by atoms with van der Waals surface area (Å²) < 4.78 is 16.9. The van der Waals surface area contributed by atoms with E-state index < -0.39 is 42.3 Å². The van der Waals surface area contributed by atoms with Crippen LogP contribution in [0, 0.1) is 11.8 Å². The first kappa shape index (κ1) is 29.2. The lowest BCUT2D eigenvalue weighted by molar-refractivity contribution is -0.144. The van der Waals surface area contributed by atoms with E-state index in [1.165, 1.54) is 7.11 Å². The highest BCUT2D eigenvalue weighted by Crippen LogP contribution is 2.42. The maximum atomic E-state index is 13.0. The molecule has 4 rings (SSSR count). The monoisotopic (exact) mass is 559 g/mol. The van der Waals surface area contributed by atoms with Crippen molar-refractivity contribution >= 4 is 23.6 Å². The van der Waals surface area contributed by atoms with E-state index in [2.05, 4.69) is 6.58 Å². The minimum Gasteiger partial charge on any atom is -0.493 e. The van der Waals surface area contributed by atoms with Crippen molar-refractivity contribution in [3.63, 3.8) is 0 Å². The Balaban J connectivity index is 1.52. The van der Waals surface area contributed by atoms with Crippen LogP contribution in [0.15, 0.2) is 85.4 Å². The summed E-state index contributed by atoms with van der Waals surface area (Å²) in [5.41, 5.74) is 3.01. The first-order valence-corrected chi connectivity index (χ1v) is 13.2. The maximum Gasteiger partial charge on any atom is 0.410 e. The standard InChI is InChI=1S/C32H33NO8/c1-21(24-13-14-27(28(17-24)39-2)40-16-15-22-9-5-3-6-10-22)26-19-33(30(31(36)37)25(26)18-29(34)35)32(38)41-20-23-11-7-4-8-12-23/h3-14,17,25-26,30H,1,15-16,18-20H2,2H3,(H,34,35)(H,36,37)/t25-,26+,30-/m0/s1. The smallest absolute Gasteiger partial charge is 0.410 e. The van der Waals surface area contributed by atoms with Crippen LogP contribution in [0.1, 0.15) is 23.1 Å². The van der Waals surface area contributed by atoms with Crippen LogP contribution in [0.4, 0.5) is 4.79 Å². The number of carbonyl (C=O) groups excluding carboxylic acids is 1. The Morgan fingerprint density at radius 3 is 2.20 bits per heavy atom. The van der Waals surface area contributed by atoms with E-state index in [9.17, 15) is 24.6 Å². The molecule has 0 spiro atoms. The molecule has 41 heavy (non-hydrogen) atoms. The number of benzene rings is 3. The SMILES string of the molecule is C=C(c1ccc(OCCc2ccccc2)c(OC)c1)[C@H]1CN(C(=O)OCc2ccccc2)[C@H](C(=O)O)[C@H]1CC(=O)O. The van der Waals surface area contributed by atoms with Crippen molar-refractivity contribution < 1.29 is 38.8 Å². The maximum absolute atomic E-state index is 13.0. The predicted molar refractivity (Wildman–Crippen MR) is 152 cm³/mol. The molecule has 0 aromatic heterocycles. The zero-order valence-corrected chi connectivity index (χ0v) is 22.8. The second kappa shape index (κ2) is 13.5. The first-order chi connectivity index (χ1) is 19.8. The van der Waals surface area contributed by atoms with Crippen LogP contribution in [-0.4, -0.2) is 59.4 Å². The van der Waals surface area contributed by atoms with Crippen molar-refractivity contribution in [2.75, 3.05) is 20.3 Å². The van der Waals surface area contributed by atoms with E-state index >= 15 is 0 Å². The Bertz CT molecular complexity index is 1370. The van der Waals surface area contributed by atoms with Gasteiger partial charge in [-0.05, 0) is 34.4 Å². The molecular weight excluding hydrogens is 526 g/mol. The van der Waals surface area contributed by atoms with Crippen LogP contribution in [0.25, 0.3) is 5.57 Å². The van der Waals surface area contributed by atoms with Crippen LogP contribution in [-0.2, 0) is 27.4 Å². The van der Waals surface area contributed by atoms with Gasteiger partial charge >= 0.3 is 18.0 Å². The second-order valence-electron chi connectivity index (χ2n) is 9.82. The van der Waals surface area contributed by atoms with Crippen molar-refractivity contribution in [2.24, 2.45) is 11.8 Å². The number of nitrogens with zero attached hydrogens (tertiary/aromatic N) is 1. The molecule has 214 valence electrons. The third kappa shape index (κ3) is 7.25. The average Bonchev–Trinajstić information content (AvgIpc) is 3.35. The molecule has 0 aliphatic carbocycles. The molecule has 3 atom stereocenters. The van der Waals surface area contributed by atoms with Crippen molar-refractivity contribution in [3.8, 4) is 11.5 Å². The molecule has 0 saturated carbocycles. The van der Waals surface area contributed by atoms with Gasteiger partial charge in [-0.2, -0.15) is 0 Å². The van der Waals surface area contributed by atoms with Gasteiger partial charge in [-0.1, -0.05) is 73.3 Å². The predicted octanol–water partition coefficient (Wildman–Crippen LogP) is 5.14. The largest absolute Gasteiger partial charge is 0.493 e. The minimum atomic E-state index is -1.39. The minimum absolute atomic E-state index is 0.0410. The van der Waals surface area contributed by atoms with Gasteiger partial charge in [0, 0.05) is 24.8 Å². The quantitative estimate of drug-likeness (QED) is 0.313. The molecule has 1 aliphatic heterocycles. The summed E-state index contributed by atoms with van der Waals surface area (Å²) in [6.07, 6.45) is -0.572. The fraction of sp³-hybridized carbons (Fsp3) is 0.281. The highest BCUT2D eigenvalue weighted by Gasteiger charge is 2.50. The molecule has 0 radical (unpaired) electrons. The third-order valence-electron chi connectivity index (χ3n) is 7.23. The lowest BCUT2D eigenvalue weighted by Gasteiger charge is -2.24. The van der Waals surface area contributed by atoms with Gasteiger partial charge in [-0.15, -0.1) is 0 Å². The number of carbonyl (C=O) groups is 3. The van der Waals surface area contributed by atoms with Crippen molar-refractivity contribution in [3.05, 3.63) is 102 Å². The Hall–Kier alpha value is -4.79. The molecule has 1 amide bonds. The van der Waals surface area contributed by atoms with Crippen LogP contribution >= 0.6 is 0 Å². The number of methoxy groups -OCH3 is 1. The van der Waals surface area contributed by atoms with Gasteiger partial charge in [0.15, 0.2) is 11.5 Å². The fourth-order valence-electron chi connectivity index (χ4n) is 5.17. The summed E-state index contributed by atoms with van der Waals surface area (Å²) in [4.78, 5) is 38.2. The molecule has 1 heterocycles. The number of hydrogen-bond acceptors (Lipinski definition) is 6. The normalized spacial score (nSPS) is 18.0. The van der Waals surface area contributed by atoms with Gasteiger partial charge in [-0.25, -0.2) is 9.59 Å². The first-order valence-electron chi connectivity index (χ1n) is 13.2. The number of ether oxygens (including phenoxy) is 3. The Labute approximate surface area is 238 Å². The summed E-state index contributed by atoms with van der Waals surface area (Å²) in [6.45, 7) is 4.53. The molecule has 3 aromatic carbocycles. The number of likely N-dealkylation sites (tertiary alicyclic amines) is 1. The van der Waals surface area contributed by atoms with Crippen molar-refractivity contribution in [1.82, 2.24) is 4.90 Å². The molecule has 1 saturated heterocycles. The number of hydrogen-bond donors (Lipinski definition) is 2. The molecule has 9 nitrogen and oxygen atoms in total. The molecule has 9 heteroatoms. The highest BCUT2D eigenvalue weighted by atomic mass is 16.6. The topological polar surface area (TPSA) is 123 Å². The number of amides is 1. The molecule has 1 aliphatic rings. The van der Waals surface area contributed by atoms with Crippen LogP contribution in [0.2, 0.25) is 0 Å². The van der Waals surface area contributed by atoms with E-state index in [4.69, 9.17) is 14.2 Å². The van der Waals surface area contributed by atoms with Gasteiger partial charge in [-0.3, -0.25) is 9.69 Å². The number of aliphatic carboxylic acids is 2. The Kier molecular flexibility index (Phi) is 9.63. The molecule has 2 N–H and O–H groups in total. The van der Waals surface area contributed by atoms with Crippen LogP contribution in [0.5, 0.6) is 11.5 Å². The number of carboxylic acid groups (broad SMARTS) is 2. The van der Waals surface area contributed by atoms with Gasteiger partial charge in [0.1, 0.15) is 12.6 Å². The van der Waals surface area contributed by atoms with Gasteiger partial charge in [0.2, 0.25) is 0 Å². The van der Waals surface area contributed by atoms with E-state index in [1.807, 2.05) is 36.4 Å². The molecule has 0 bridgehead atoms. The zero-order chi connectivity index (χ0) is 29.4. The van der Waals surface area contributed by atoms with E-state index in [1.54, 1.807) is 42.5 Å². The molecule has 1 fully saturated rings. The molecular formula is C32H33NO8. The Morgan fingerprint density at radius 2 is 1.59 bits per heavy atom. The van der Waals surface area contributed by atoms with Gasteiger partial charge < -0.3 is 24.4 Å². The van der Waals surface area contributed by atoms with Crippen LogP contribution in [0.3, 0.4) is 0 Å². The summed E-state index contributed by atoms with van der Waals surface area (Å²) >= 11 is 0. The van der Waals surface area contributed by atoms with Crippen LogP contribution < -0.4 is 9.47 Å². The fourth-order valence-corrected chi connectivity index (χ4v) is 5.17. The van der Waals surface area contributed by atoms with E-state index in [0.29, 0.717) is 35.7 Å². The lowest BCUT2D eigenvalue weighted by atomic mass is 9.81. The summed E-state index contributed by atoms with van der Waals surface area (Å²) in [5, 5.41) is 19.7. The van der Waals surface area contributed by atoms with E-state index in [-0.39, 0.29) is 13.2 Å². The molecule has 3 aromatic rings. The van der Waals surface area contributed by atoms with Crippen molar-refractivity contribution in [1.29, 1.82) is 0 Å². The zero-order valence-electron chi connectivity index (χ0n) is 22.8. The highest BCUT2D eigenvalue weighted by molar-refractivity contribution is 5.84. The number of rotatable bonds is 12. The average molecular weight is 560 g/mol.